The van der Waals surface area contributed by atoms with E-state index in [1.165, 1.54) is 5.56 Å². The molecule has 0 saturated carbocycles. The van der Waals surface area contributed by atoms with Crippen LogP contribution in [0.3, 0.4) is 0 Å². The van der Waals surface area contributed by atoms with E-state index in [0.29, 0.717) is 25.8 Å². The molecule has 4 N–H and O–H groups in total. The van der Waals surface area contributed by atoms with Gasteiger partial charge in [0, 0.05) is 44.5 Å². The Morgan fingerprint density at radius 2 is 1.42 bits per heavy atom. The van der Waals surface area contributed by atoms with Crippen molar-refractivity contribution in [3.63, 3.8) is 0 Å². The van der Waals surface area contributed by atoms with Crippen LogP contribution in [0, 0.1) is 0 Å². The molecule has 0 spiro atoms. The summed E-state index contributed by atoms with van der Waals surface area (Å²) in [5.41, 5.74) is 8.83. The molecule has 1 saturated heterocycles. The van der Waals surface area contributed by atoms with E-state index in [4.69, 9.17) is 14.7 Å². The van der Waals surface area contributed by atoms with Gasteiger partial charge in [-0.15, -0.1) is 0 Å². The molecule has 0 unspecified atom stereocenters. The first kappa shape index (κ1) is 36.9. The first-order valence-electron chi connectivity index (χ1n) is 17.5. The average molecular weight is 680 g/mol. The van der Waals surface area contributed by atoms with Crippen molar-refractivity contribution in [2.45, 2.75) is 83.1 Å². The fourth-order valence-corrected chi connectivity index (χ4v) is 6.34. The van der Waals surface area contributed by atoms with E-state index in [1.807, 2.05) is 54.6 Å². The number of likely N-dealkylation sites (N-methyl/N-ethyl adjacent to an activating group) is 1. The van der Waals surface area contributed by atoms with Crippen LogP contribution in [0.1, 0.15) is 85.2 Å². The van der Waals surface area contributed by atoms with Crippen molar-refractivity contribution < 1.29 is 29.4 Å². The number of amides is 2. The van der Waals surface area contributed by atoms with E-state index in [9.17, 15) is 14.7 Å². The standard InChI is InChI=1S/C41H49N3O6/c1-44(27-30-11-5-4-6-12-30)28-37-25-38(33-21-19-31(29-45)20-22-33)50-41(49-37)36-16-10-15-35(24-36)34-14-9-13-32(23-34)26-42-39(46)17-7-2-3-8-18-40(47)43-48/h4-6,9-16,19-24,37-38,41,45,48H,2-3,7-8,17-18,25-29H2,1H3,(H,42,46)(H,43,47)/t37-,38+,41+/m1/s1. The van der Waals surface area contributed by atoms with Gasteiger partial charge >= 0.3 is 0 Å². The number of nitrogens with zero attached hydrogens (tertiary/aromatic N) is 1. The smallest absolute Gasteiger partial charge is 0.243 e. The van der Waals surface area contributed by atoms with Crippen LogP contribution in [0.2, 0.25) is 0 Å². The fraction of sp³-hybridized carbons (Fsp3) is 0.366. The van der Waals surface area contributed by atoms with Crippen molar-refractivity contribution in [3.8, 4) is 11.1 Å². The molecule has 0 aliphatic carbocycles. The highest BCUT2D eigenvalue weighted by molar-refractivity contribution is 5.76. The summed E-state index contributed by atoms with van der Waals surface area (Å²) >= 11 is 0. The summed E-state index contributed by atoms with van der Waals surface area (Å²) in [6, 6.07) is 34.8. The molecular formula is C41H49N3O6. The van der Waals surface area contributed by atoms with Crippen molar-refractivity contribution in [2.24, 2.45) is 0 Å². The summed E-state index contributed by atoms with van der Waals surface area (Å²) in [5.74, 6) is -0.379. The maximum absolute atomic E-state index is 12.5. The molecule has 9 nitrogen and oxygen atoms in total. The number of nitrogens with one attached hydrogen (secondary N) is 2. The van der Waals surface area contributed by atoms with Gasteiger partial charge in [0.1, 0.15) is 0 Å². The SMILES string of the molecule is CN(Cc1ccccc1)C[C@H]1C[C@@H](c2ccc(CO)cc2)O[C@@H](c2cccc(-c3cccc(CNC(=O)CCCCCCC(=O)NO)c3)c2)O1. The number of hydrogen-bond acceptors (Lipinski definition) is 7. The Balaban J connectivity index is 1.22. The molecule has 2 amide bonds. The zero-order valence-corrected chi connectivity index (χ0v) is 28.8. The van der Waals surface area contributed by atoms with E-state index in [0.717, 1.165) is 65.7 Å². The van der Waals surface area contributed by atoms with Gasteiger partial charge in [-0.2, -0.15) is 0 Å². The number of benzene rings is 4. The average Bonchev–Trinajstić information content (AvgIpc) is 3.15. The highest BCUT2D eigenvalue weighted by atomic mass is 16.7. The van der Waals surface area contributed by atoms with Crippen LogP contribution in [-0.4, -0.2) is 46.7 Å². The zero-order valence-electron chi connectivity index (χ0n) is 28.8. The molecule has 1 heterocycles. The maximum Gasteiger partial charge on any atom is 0.243 e. The van der Waals surface area contributed by atoms with Crippen molar-refractivity contribution in [1.82, 2.24) is 15.7 Å². The van der Waals surface area contributed by atoms with Crippen molar-refractivity contribution in [3.05, 3.63) is 131 Å². The number of aliphatic hydroxyl groups excluding tert-OH is 1. The molecule has 0 radical (unpaired) electrons. The Labute approximate surface area is 295 Å². The van der Waals surface area contributed by atoms with Crippen LogP contribution in [0.4, 0.5) is 0 Å². The van der Waals surface area contributed by atoms with Gasteiger partial charge in [0.2, 0.25) is 11.8 Å². The Morgan fingerprint density at radius 1 is 0.740 bits per heavy atom. The second-order valence-corrected chi connectivity index (χ2v) is 13.1. The molecule has 9 heteroatoms. The molecule has 0 bridgehead atoms. The Kier molecular flexibility index (Phi) is 14.1. The third-order valence-corrected chi connectivity index (χ3v) is 9.02. The molecule has 50 heavy (non-hydrogen) atoms. The monoisotopic (exact) mass is 679 g/mol. The minimum atomic E-state index is -0.560. The predicted octanol–water partition coefficient (Wildman–Crippen LogP) is 6.99. The van der Waals surface area contributed by atoms with E-state index in [-0.39, 0.29) is 37.0 Å². The predicted molar refractivity (Wildman–Crippen MR) is 193 cm³/mol. The Morgan fingerprint density at radius 3 is 2.14 bits per heavy atom. The lowest BCUT2D eigenvalue weighted by Crippen LogP contribution is -2.37. The van der Waals surface area contributed by atoms with Gasteiger partial charge in [0.15, 0.2) is 6.29 Å². The number of carbonyl (C=O) groups is 2. The summed E-state index contributed by atoms with van der Waals surface area (Å²) in [6.45, 7) is 2.01. The minimum absolute atomic E-state index is 0.00131. The molecule has 1 fully saturated rings. The van der Waals surface area contributed by atoms with Crippen molar-refractivity contribution in [1.29, 1.82) is 0 Å². The minimum Gasteiger partial charge on any atom is -0.392 e. The summed E-state index contributed by atoms with van der Waals surface area (Å²) in [6.07, 6.45) is 3.78. The molecule has 264 valence electrons. The van der Waals surface area contributed by atoms with E-state index < -0.39 is 6.29 Å². The van der Waals surface area contributed by atoms with Gasteiger partial charge in [-0.1, -0.05) is 104 Å². The number of carbonyl (C=O) groups excluding carboxylic acids is 2. The van der Waals surface area contributed by atoms with E-state index in [1.54, 1.807) is 5.48 Å². The quantitative estimate of drug-likeness (QED) is 0.0540. The third kappa shape index (κ3) is 11.3. The van der Waals surface area contributed by atoms with Crippen molar-refractivity contribution in [2.75, 3.05) is 13.6 Å². The first-order chi connectivity index (χ1) is 24.4. The van der Waals surface area contributed by atoms with Gasteiger partial charge in [-0.05, 0) is 65.4 Å². The second kappa shape index (κ2) is 19.1. The van der Waals surface area contributed by atoms with Gasteiger partial charge in [-0.25, -0.2) is 5.48 Å². The lowest BCUT2D eigenvalue weighted by molar-refractivity contribution is -0.252. The summed E-state index contributed by atoms with van der Waals surface area (Å²) < 4.78 is 13.3. The number of hydroxylamine groups is 1. The van der Waals surface area contributed by atoms with Crippen molar-refractivity contribution >= 4 is 11.8 Å². The van der Waals surface area contributed by atoms with Crippen LogP contribution < -0.4 is 10.8 Å². The molecule has 5 rings (SSSR count). The lowest BCUT2D eigenvalue weighted by atomic mass is 9.98. The molecule has 3 atom stereocenters. The third-order valence-electron chi connectivity index (χ3n) is 9.02. The van der Waals surface area contributed by atoms with Crippen LogP contribution in [0.5, 0.6) is 0 Å². The molecule has 1 aliphatic heterocycles. The maximum atomic E-state index is 12.5. The van der Waals surface area contributed by atoms with Crippen LogP contribution in [-0.2, 0) is 38.8 Å². The molecule has 1 aliphatic rings. The molecular weight excluding hydrogens is 630 g/mol. The summed E-state index contributed by atoms with van der Waals surface area (Å²) in [4.78, 5) is 25.9. The normalized spacial score (nSPS) is 17.4. The highest BCUT2D eigenvalue weighted by Crippen LogP contribution is 2.39. The first-order valence-corrected chi connectivity index (χ1v) is 17.5. The van der Waals surface area contributed by atoms with E-state index >= 15 is 0 Å². The molecule has 4 aromatic rings. The number of ether oxygens (including phenoxy) is 2. The van der Waals surface area contributed by atoms with Gasteiger partial charge in [0.25, 0.3) is 0 Å². The topological polar surface area (TPSA) is 120 Å². The van der Waals surface area contributed by atoms with Crippen LogP contribution in [0.25, 0.3) is 11.1 Å². The largest absolute Gasteiger partial charge is 0.392 e. The van der Waals surface area contributed by atoms with Gasteiger partial charge in [-0.3, -0.25) is 19.7 Å². The Hall–Kier alpha value is -4.38. The summed E-state index contributed by atoms with van der Waals surface area (Å²) in [5, 5.41) is 21.2. The molecule has 0 aromatic heterocycles. The molecule has 4 aromatic carbocycles. The zero-order chi connectivity index (χ0) is 35.1. The highest BCUT2D eigenvalue weighted by Gasteiger charge is 2.33. The number of hydrogen-bond donors (Lipinski definition) is 4. The second-order valence-electron chi connectivity index (χ2n) is 13.1. The number of unbranched alkanes of at least 4 members (excludes halogenated alkanes) is 3. The van der Waals surface area contributed by atoms with E-state index in [2.05, 4.69) is 65.8 Å². The number of rotatable bonds is 17. The number of aliphatic hydroxyl groups is 1. The van der Waals surface area contributed by atoms with Crippen LogP contribution in [0.15, 0.2) is 103 Å². The lowest BCUT2D eigenvalue weighted by Gasteiger charge is -2.38. The fourth-order valence-electron chi connectivity index (χ4n) is 6.34. The summed E-state index contributed by atoms with van der Waals surface area (Å²) in [7, 11) is 2.12. The van der Waals surface area contributed by atoms with Gasteiger partial charge in [0.05, 0.1) is 18.8 Å². The van der Waals surface area contributed by atoms with Crippen LogP contribution >= 0.6 is 0 Å². The van der Waals surface area contributed by atoms with Gasteiger partial charge < -0.3 is 19.9 Å². The Bertz CT molecular complexity index is 1650.